The van der Waals surface area contributed by atoms with E-state index in [4.69, 9.17) is 16.7 Å². The van der Waals surface area contributed by atoms with E-state index in [1.165, 1.54) is 11.6 Å². The van der Waals surface area contributed by atoms with Crippen LogP contribution in [0.2, 0.25) is 0 Å². The van der Waals surface area contributed by atoms with E-state index >= 15 is 0 Å². The summed E-state index contributed by atoms with van der Waals surface area (Å²) in [4.78, 5) is 34.0. The minimum atomic E-state index is -0.402. The van der Waals surface area contributed by atoms with Crippen LogP contribution in [0.15, 0.2) is 20.7 Å². The first-order valence-corrected chi connectivity index (χ1v) is 9.29. The largest absolute Gasteiger partial charge is 0.395 e. The summed E-state index contributed by atoms with van der Waals surface area (Å²) in [7, 11) is 3.09. The molecule has 0 amide bonds. The number of hydrogen-bond donors (Lipinski definition) is 1. The number of β-amino-alcohol motifs (C(OH)–C–C–N with tert-alkyl or cyclic N) is 1. The summed E-state index contributed by atoms with van der Waals surface area (Å²) in [5.41, 5.74) is -0.00927. The number of aliphatic hydroxyl groups excluding tert-OH is 1. The number of fused-ring (bicyclic) bond motifs is 1. The summed E-state index contributed by atoms with van der Waals surface area (Å²) < 4.78 is 4.32. The lowest BCUT2D eigenvalue weighted by Gasteiger charge is -2.35. The molecule has 1 saturated heterocycles. The number of piperazine rings is 1. The van der Waals surface area contributed by atoms with Gasteiger partial charge in [-0.15, -0.1) is 0 Å². The molecule has 1 N–H and O–H groups in total. The van der Waals surface area contributed by atoms with Crippen molar-refractivity contribution in [3.05, 3.63) is 31.9 Å². The van der Waals surface area contributed by atoms with Crippen LogP contribution in [0.5, 0.6) is 0 Å². The molecular weight excluding hydrogens is 372 g/mol. The molecule has 2 aromatic rings. The summed E-state index contributed by atoms with van der Waals surface area (Å²) in [6.07, 6.45) is 1.82. The lowest BCUT2D eigenvalue weighted by molar-refractivity contribution is 0.188. The van der Waals surface area contributed by atoms with Crippen molar-refractivity contribution in [1.82, 2.24) is 23.6 Å². The third-order valence-electron chi connectivity index (χ3n) is 4.95. The van der Waals surface area contributed by atoms with Crippen LogP contribution < -0.4 is 16.1 Å². The zero-order valence-corrected chi connectivity index (χ0v) is 16.6. The number of halogens is 1. The standard InChI is InChI=1S/C17H25ClN6O3/c1-12(18)4-5-24-13-14(20(2)17(27)21(3)15(13)26)19-16(24)23-8-6-22(7-9-23)10-11-25/h4,25H,5-11H2,1-3H3. The van der Waals surface area contributed by atoms with Crippen LogP contribution in [0.4, 0.5) is 5.95 Å². The second-order valence-electron chi connectivity index (χ2n) is 6.74. The average molecular weight is 397 g/mol. The maximum absolute atomic E-state index is 12.8. The van der Waals surface area contributed by atoms with E-state index in [9.17, 15) is 9.59 Å². The molecule has 1 aliphatic heterocycles. The second kappa shape index (κ2) is 7.87. The number of imidazole rings is 1. The highest BCUT2D eigenvalue weighted by atomic mass is 35.5. The van der Waals surface area contributed by atoms with E-state index in [1.54, 1.807) is 14.0 Å². The molecule has 27 heavy (non-hydrogen) atoms. The zero-order chi connectivity index (χ0) is 19.7. The lowest BCUT2D eigenvalue weighted by Crippen LogP contribution is -2.48. The first-order chi connectivity index (χ1) is 12.8. The van der Waals surface area contributed by atoms with E-state index in [-0.39, 0.29) is 12.2 Å². The van der Waals surface area contributed by atoms with Crippen LogP contribution in [0.25, 0.3) is 11.2 Å². The SMILES string of the molecule is CC(Cl)=CCn1c(N2CCN(CCO)CC2)nc2c1c(=O)n(C)c(=O)n2C. The van der Waals surface area contributed by atoms with Gasteiger partial charge in [-0.3, -0.25) is 18.8 Å². The van der Waals surface area contributed by atoms with Gasteiger partial charge in [-0.05, 0) is 6.92 Å². The van der Waals surface area contributed by atoms with Gasteiger partial charge in [0.15, 0.2) is 11.2 Å². The highest BCUT2D eigenvalue weighted by molar-refractivity contribution is 6.29. The fourth-order valence-electron chi connectivity index (χ4n) is 3.38. The smallest absolute Gasteiger partial charge is 0.332 e. The molecule has 0 spiro atoms. The van der Waals surface area contributed by atoms with Gasteiger partial charge in [0.05, 0.1) is 6.61 Å². The maximum Gasteiger partial charge on any atom is 0.332 e. The van der Waals surface area contributed by atoms with Crippen LogP contribution in [0.3, 0.4) is 0 Å². The Kier molecular flexibility index (Phi) is 5.73. The number of nitrogens with zero attached hydrogens (tertiary/aromatic N) is 6. The maximum atomic E-state index is 12.8. The molecule has 10 heteroatoms. The van der Waals surface area contributed by atoms with Crippen LogP contribution >= 0.6 is 11.6 Å². The number of aryl methyl sites for hydroxylation is 1. The van der Waals surface area contributed by atoms with Gasteiger partial charge in [-0.2, -0.15) is 4.98 Å². The Morgan fingerprint density at radius 1 is 1.19 bits per heavy atom. The number of rotatable bonds is 5. The molecule has 0 aliphatic carbocycles. The summed E-state index contributed by atoms with van der Waals surface area (Å²) >= 11 is 6.01. The van der Waals surface area contributed by atoms with Gasteiger partial charge < -0.3 is 14.6 Å². The summed E-state index contributed by atoms with van der Waals surface area (Å²) in [6.45, 7) is 6.00. The molecular formula is C17H25ClN6O3. The summed E-state index contributed by atoms with van der Waals surface area (Å²) in [5, 5.41) is 9.74. The lowest BCUT2D eigenvalue weighted by atomic mass is 10.3. The van der Waals surface area contributed by atoms with Crippen molar-refractivity contribution in [2.75, 3.05) is 44.2 Å². The third kappa shape index (κ3) is 3.67. The van der Waals surface area contributed by atoms with E-state index in [2.05, 4.69) is 14.8 Å². The van der Waals surface area contributed by atoms with Crippen molar-refractivity contribution >= 4 is 28.7 Å². The van der Waals surface area contributed by atoms with Crippen molar-refractivity contribution in [3.63, 3.8) is 0 Å². The van der Waals surface area contributed by atoms with Gasteiger partial charge in [-0.25, -0.2) is 4.79 Å². The minimum absolute atomic E-state index is 0.135. The molecule has 0 radical (unpaired) electrons. The first kappa shape index (κ1) is 19.7. The molecule has 1 aliphatic rings. The molecule has 0 atom stereocenters. The second-order valence-corrected chi connectivity index (χ2v) is 7.34. The molecule has 148 valence electrons. The fraction of sp³-hybridized carbons (Fsp3) is 0.588. The Bertz CT molecular complexity index is 977. The normalized spacial score (nSPS) is 16.5. The Labute approximate surface area is 161 Å². The van der Waals surface area contributed by atoms with E-state index in [1.807, 2.05) is 10.6 Å². The zero-order valence-electron chi connectivity index (χ0n) is 15.9. The highest BCUT2D eigenvalue weighted by Crippen LogP contribution is 2.21. The summed E-state index contributed by atoms with van der Waals surface area (Å²) in [5.74, 6) is 0.654. The fourth-order valence-corrected chi connectivity index (χ4v) is 3.45. The minimum Gasteiger partial charge on any atom is -0.395 e. The molecule has 9 nitrogen and oxygen atoms in total. The van der Waals surface area contributed by atoms with Crippen molar-refractivity contribution in [2.45, 2.75) is 13.5 Å². The van der Waals surface area contributed by atoms with E-state index in [0.29, 0.717) is 35.2 Å². The van der Waals surface area contributed by atoms with Crippen LogP contribution in [0, 0.1) is 0 Å². The van der Waals surface area contributed by atoms with Crippen molar-refractivity contribution < 1.29 is 5.11 Å². The Morgan fingerprint density at radius 3 is 2.44 bits per heavy atom. The Morgan fingerprint density at radius 2 is 1.85 bits per heavy atom. The van der Waals surface area contributed by atoms with E-state index < -0.39 is 5.69 Å². The topological polar surface area (TPSA) is 88.5 Å². The van der Waals surface area contributed by atoms with Gasteiger partial charge in [0.1, 0.15) is 0 Å². The number of hydrogen-bond acceptors (Lipinski definition) is 6. The van der Waals surface area contributed by atoms with Crippen molar-refractivity contribution in [3.8, 4) is 0 Å². The molecule has 0 unspecified atom stereocenters. The van der Waals surface area contributed by atoms with Crippen molar-refractivity contribution in [1.29, 1.82) is 0 Å². The van der Waals surface area contributed by atoms with Crippen molar-refractivity contribution in [2.24, 2.45) is 14.1 Å². The average Bonchev–Trinajstić information content (AvgIpc) is 3.03. The molecule has 1 fully saturated rings. The van der Waals surface area contributed by atoms with Gasteiger partial charge >= 0.3 is 5.69 Å². The summed E-state index contributed by atoms with van der Waals surface area (Å²) in [6, 6.07) is 0. The first-order valence-electron chi connectivity index (χ1n) is 8.91. The molecule has 0 aromatic carbocycles. The number of aromatic nitrogens is 4. The number of allylic oxidation sites excluding steroid dienone is 2. The number of anilines is 1. The number of aliphatic hydroxyl groups is 1. The highest BCUT2D eigenvalue weighted by Gasteiger charge is 2.25. The molecule has 0 bridgehead atoms. The molecule has 0 saturated carbocycles. The molecule has 3 rings (SSSR count). The van der Waals surface area contributed by atoms with Crippen LogP contribution in [-0.4, -0.2) is 68.0 Å². The predicted molar refractivity (Wildman–Crippen MR) is 106 cm³/mol. The van der Waals surface area contributed by atoms with E-state index in [0.717, 1.165) is 30.7 Å². The monoisotopic (exact) mass is 396 g/mol. The third-order valence-corrected chi connectivity index (χ3v) is 5.11. The van der Waals surface area contributed by atoms with Gasteiger partial charge in [0, 0.05) is 58.4 Å². The quantitative estimate of drug-likeness (QED) is 0.746. The van der Waals surface area contributed by atoms with Crippen LogP contribution in [0.1, 0.15) is 6.92 Å². The molecule has 2 aromatic heterocycles. The molecule has 3 heterocycles. The Balaban J connectivity index is 2.12. The van der Waals surface area contributed by atoms with Gasteiger partial charge in [-0.1, -0.05) is 17.7 Å². The predicted octanol–water partition coefficient (Wildman–Crippen LogP) is -0.309. The Hall–Kier alpha value is -2.10. The van der Waals surface area contributed by atoms with Gasteiger partial charge in [0.2, 0.25) is 5.95 Å². The van der Waals surface area contributed by atoms with Crippen LogP contribution in [-0.2, 0) is 20.6 Å². The van der Waals surface area contributed by atoms with Gasteiger partial charge in [0.25, 0.3) is 5.56 Å².